The fraction of sp³-hybridized carbons (Fsp3) is 0.583. The fourth-order valence-electron chi connectivity index (χ4n) is 2.80. The quantitative estimate of drug-likeness (QED) is 0.864. The summed E-state index contributed by atoms with van der Waals surface area (Å²) in [6.45, 7) is 3.27. The summed E-state index contributed by atoms with van der Waals surface area (Å²) < 4.78 is 27.0. The first-order valence-electron chi connectivity index (χ1n) is 6.72. The maximum Gasteiger partial charge on any atom is 0.250 e. The van der Waals surface area contributed by atoms with Gasteiger partial charge in [-0.05, 0) is 18.6 Å². The van der Waals surface area contributed by atoms with E-state index < -0.39 is 10.0 Å². The highest BCUT2D eigenvalue weighted by molar-refractivity contribution is 7.91. The molecule has 21 heavy (non-hydrogen) atoms. The zero-order chi connectivity index (χ0) is 15.0. The van der Waals surface area contributed by atoms with Gasteiger partial charge in [-0.2, -0.15) is 0 Å². The van der Waals surface area contributed by atoms with Gasteiger partial charge in [0, 0.05) is 32.2 Å². The average Bonchev–Trinajstić information content (AvgIpc) is 3.04. The molecule has 1 aromatic heterocycles. The molecular weight excluding hydrogens is 334 g/mol. The van der Waals surface area contributed by atoms with Crippen LogP contribution in [0.3, 0.4) is 0 Å². The number of hydrogen-bond acceptors (Lipinski definition) is 5. The minimum atomic E-state index is -3.66. The summed E-state index contributed by atoms with van der Waals surface area (Å²) in [5.74, 6) is -0.159. The molecule has 116 valence electrons. The van der Waals surface area contributed by atoms with Crippen LogP contribution in [0.5, 0.6) is 0 Å². The summed E-state index contributed by atoms with van der Waals surface area (Å²) in [4.78, 5) is 16.4. The predicted molar refractivity (Wildman–Crippen MR) is 81.1 cm³/mol. The Bertz CT molecular complexity index is 646. The molecule has 2 aliphatic rings. The topological polar surface area (TPSA) is 69.7 Å². The first kappa shape index (κ1) is 15.2. The van der Waals surface area contributed by atoms with E-state index in [2.05, 4.69) is 9.62 Å². The molecule has 6 nitrogen and oxygen atoms in total. The molecule has 2 fully saturated rings. The number of carbonyl (C=O) groups excluding carboxylic acids is 1. The monoisotopic (exact) mass is 349 g/mol. The zero-order valence-electron chi connectivity index (χ0n) is 11.3. The lowest BCUT2D eigenvalue weighted by Gasteiger charge is -2.34. The molecule has 0 aliphatic carbocycles. The van der Waals surface area contributed by atoms with Crippen LogP contribution in [-0.2, 0) is 14.8 Å². The first-order valence-corrected chi connectivity index (χ1v) is 9.40. The van der Waals surface area contributed by atoms with E-state index in [4.69, 9.17) is 11.6 Å². The van der Waals surface area contributed by atoms with Crippen molar-refractivity contribution in [1.29, 1.82) is 0 Å². The Hall–Kier alpha value is -0.670. The Labute approximate surface area is 132 Å². The van der Waals surface area contributed by atoms with Gasteiger partial charge in [0.2, 0.25) is 5.91 Å². The minimum Gasteiger partial charge on any atom is -0.336 e. The van der Waals surface area contributed by atoms with Crippen LogP contribution in [0, 0.1) is 0 Å². The molecule has 2 atom stereocenters. The van der Waals surface area contributed by atoms with Crippen molar-refractivity contribution in [3.63, 3.8) is 0 Å². The molecule has 2 aliphatic heterocycles. The number of piperazine rings is 1. The molecule has 1 aromatic rings. The number of nitrogens with one attached hydrogen (secondary N) is 1. The van der Waals surface area contributed by atoms with Gasteiger partial charge in [0.15, 0.2) is 0 Å². The van der Waals surface area contributed by atoms with E-state index in [9.17, 15) is 13.2 Å². The van der Waals surface area contributed by atoms with Gasteiger partial charge < -0.3 is 4.90 Å². The lowest BCUT2D eigenvalue weighted by Crippen LogP contribution is -2.52. The van der Waals surface area contributed by atoms with Crippen molar-refractivity contribution in [2.24, 2.45) is 0 Å². The largest absolute Gasteiger partial charge is 0.336 e. The van der Waals surface area contributed by atoms with E-state index in [0.29, 0.717) is 10.9 Å². The molecule has 0 saturated carbocycles. The van der Waals surface area contributed by atoms with E-state index in [-0.39, 0.29) is 22.7 Å². The molecule has 9 heteroatoms. The van der Waals surface area contributed by atoms with Crippen molar-refractivity contribution >= 4 is 38.9 Å². The highest BCUT2D eigenvalue weighted by Gasteiger charge is 2.35. The molecule has 0 spiro atoms. The number of amides is 1. The van der Waals surface area contributed by atoms with E-state index in [1.54, 1.807) is 4.90 Å². The Morgan fingerprint density at radius 3 is 2.90 bits per heavy atom. The number of halogens is 1. The van der Waals surface area contributed by atoms with Crippen molar-refractivity contribution in [2.75, 3.05) is 32.7 Å². The smallest absolute Gasteiger partial charge is 0.250 e. The second kappa shape index (κ2) is 5.85. The van der Waals surface area contributed by atoms with Crippen LogP contribution in [0.2, 0.25) is 4.34 Å². The van der Waals surface area contributed by atoms with Crippen molar-refractivity contribution in [2.45, 2.75) is 16.7 Å². The molecule has 2 saturated heterocycles. The predicted octanol–water partition coefficient (Wildman–Crippen LogP) is 0.596. The number of hydrogen-bond donors (Lipinski definition) is 1. The van der Waals surface area contributed by atoms with E-state index in [0.717, 1.165) is 37.4 Å². The van der Waals surface area contributed by atoms with Crippen LogP contribution >= 0.6 is 22.9 Å². The second-order valence-corrected chi connectivity index (χ2v) is 8.92. The molecule has 2 bridgehead atoms. The Kier molecular flexibility index (Phi) is 4.24. The SMILES string of the molecule is O=C(CNS(=O)(=O)c1ccc(Cl)s1)N1CCN2CCC1C2. The van der Waals surface area contributed by atoms with Crippen molar-refractivity contribution in [3.8, 4) is 0 Å². The third kappa shape index (κ3) is 3.24. The van der Waals surface area contributed by atoms with Gasteiger partial charge in [-0.15, -0.1) is 11.3 Å². The van der Waals surface area contributed by atoms with Crippen molar-refractivity contribution in [3.05, 3.63) is 16.5 Å². The van der Waals surface area contributed by atoms with E-state index in [1.807, 2.05) is 0 Å². The Morgan fingerprint density at radius 1 is 1.38 bits per heavy atom. The number of carbonyl (C=O) groups is 1. The number of fused-ring (bicyclic) bond motifs is 2. The van der Waals surface area contributed by atoms with Crippen LogP contribution in [0.4, 0.5) is 0 Å². The highest BCUT2D eigenvalue weighted by atomic mass is 35.5. The Morgan fingerprint density at radius 2 is 2.19 bits per heavy atom. The third-order valence-corrected chi connectivity index (χ3v) is 7.02. The first-order chi connectivity index (χ1) is 9.95. The summed E-state index contributed by atoms with van der Waals surface area (Å²) in [6.07, 6.45) is 0.971. The van der Waals surface area contributed by atoms with Crippen LogP contribution < -0.4 is 4.72 Å². The molecule has 3 rings (SSSR count). The molecule has 2 unspecified atom stereocenters. The van der Waals surface area contributed by atoms with Gasteiger partial charge in [0.1, 0.15) is 4.21 Å². The van der Waals surface area contributed by atoms with E-state index >= 15 is 0 Å². The lowest BCUT2D eigenvalue weighted by molar-refractivity contribution is -0.133. The molecule has 0 aromatic carbocycles. The normalized spacial score (nSPS) is 25.3. The molecule has 1 amide bonds. The average molecular weight is 350 g/mol. The number of rotatable bonds is 4. The van der Waals surface area contributed by atoms with Gasteiger partial charge in [0.25, 0.3) is 10.0 Å². The van der Waals surface area contributed by atoms with Gasteiger partial charge in [-0.25, -0.2) is 13.1 Å². The standard InChI is InChI=1S/C12H16ClN3O3S2/c13-10-1-2-12(20-10)21(18,19)14-7-11(17)16-6-5-15-4-3-9(16)8-15/h1-2,9,14H,3-8H2. The highest BCUT2D eigenvalue weighted by Crippen LogP contribution is 2.25. The molecular formula is C12H16ClN3O3S2. The van der Waals surface area contributed by atoms with Gasteiger partial charge in [-0.1, -0.05) is 11.6 Å². The fourth-order valence-corrected chi connectivity index (χ4v) is 5.30. The van der Waals surface area contributed by atoms with Gasteiger partial charge in [-0.3, -0.25) is 9.69 Å². The zero-order valence-corrected chi connectivity index (χ0v) is 13.7. The summed E-state index contributed by atoms with van der Waals surface area (Å²) in [7, 11) is -3.66. The molecule has 3 heterocycles. The molecule has 1 N–H and O–H groups in total. The van der Waals surface area contributed by atoms with Crippen LogP contribution in [-0.4, -0.2) is 62.9 Å². The number of thiophene rings is 1. The third-order valence-electron chi connectivity index (χ3n) is 3.89. The summed E-state index contributed by atoms with van der Waals surface area (Å²) in [5, 5.41) is 0. The van der Waals surface area contributed by atoms with Crippen LogP contribution in [0.15, 0.2) is 16.3 Å². The van der Waals surface area contributed by atoms with Crippen LogP contribution in [0.25, 0.3) is 0 Å². The lowest BCUT2D eigenvalue weighted by atomic mass is 10.2. The summed E-state index contributed by atoms with van der Waals surface area (Å²) >= 11 is 6.72. The summed E-state index contributed by atoms with van der Waals surface area (Å²) in [6, 6.07) is 3.20. The summed E-state index contributed by atoms with van der Waals surface area (Å²) in [5.41, 5.74) is 0. The number of nitrogens with zero attached hydrogens (tertiary/aromatic N) is 2. The van der Waals surface area contributed by atoms with Crippen molar-refractivity contribution < 1.29 is 13.2 Å². The maximum atomic E-state index is 12.2. The second-order valence-electron chi connectivity index (χ2n) is 5.21. The van der Waals surface area contributed by atoms with E-state index in [1.165, 1.54) is 12.1 Å². The van der Waals surface area contributed by atoms with Crippen molar-refractivity contribution in [1.82, 2.24) is 14.5 Å². The number of sulfonamides is 1. The minimum absolute atomic E-state index is 0.131. The maximum absolute atomic E-state index is 12.2. The van der Waals surface area contributed by atoms with Crippen LogP contribution in [0.1, 0.15) is 6.42 Å². The van der Waals surface area contributed by atoms with Gasteiger partial charge in [0.05, 0.1) is 10.9 Å². The Balaban J connectivity index is 1.60. The molecule has 0 radical (unpaired) electrons. The van der Waals surface area contributed by atoms with Gasteiger partial charge >= 0.3 is 0 Å².